The van der Waals surface area contributed by atoms with E-state index >= 15 is 0 Å². The lowest BCUT2D eigenvalue weighted by molar-refractivity contribution is 0.718. The molecule has 0 radical (unpaired) electrons. The number of alkyl halides is 4. The van der Waals surface area contributed by atoms with Gasteiger partial charge in [0.15, 0.2) is 0 Å². The van der Waals surface area contributed by atoms with E-state index in [4.69, 9.17) is 58.0 Å². The van der Waals surface area contributed by atoms with Crippen LogP contribution >= 0.6 is 58.0 Å². The molecule has 0 heterocycles. The summed E-state index contributed by atoms with van der Waals surface area (Å²) < 4.78 is -1.51. The highest BCUT2D eigenvalue weighted by Gasteiger charge is 2.45. The maximum atomic E-state index is 6.03. The molecule has 1 aliphatic carbocycles. The van der Waals surface area contributed by atoms with E-state index in [0.29, 0.717) is 11.5 Å². The minimum Gasteiger partial charge on any atom is -0.110 e. The largest absolute Gasteiger partial charge is 0.213 e. The van der Waals surface area contributed by atoms with Crippen LogP contribution in [0.5, 0.6) is 0 Å². The van der Waals surface area contributed by atoms with Crippen LogP contribution in [0, 0.1) is 0 Å². The average Bonchev–Trinajstić information content (AvgIpc) is 1.93. The molecule has 68 valence electrons. The zero-order valence-electron chi connectivity index (χ0n) is 5.83. The molecule has 0 saturated heterocycles. The summed E-state index contributed by atoms with van der Waals surface area (Å²) in [6.07, 6.45) is 5.36. The average molecular weight is 266 g/mol. The van der Waals surface area contributed by atoms with Crippen molar-refractivity contribution in [1.29, 1.82) is 0 Å². The number of allylic oxidation sites excluding steroid dienone is 4. The fourth-order valence-electron chi connectivity index (χ4n) is 0.804. The molecule has 5 heteroatoms. The quantitative estimate of drug-likeness (QED) is 0.569. The van der Waals surface area contributed by atoms with Gasteiger partial charge >= 0.3 is 0 Å². The maximum Gasteiger partial charge on any atom is 0.213 e. The second-order valence-corrected chi connectivity index (χ2v) is 5.88. The van der Waals surface area contributed by atoms with Crippen LogP contribution in [-0.4, -0.2) is 8.67 Å². The summed E-state index contributed by atoms with van der Waals surface area (Å²) in [7, 11) is 0. The Morgan fingerprint density at radius 1 is 1.33 bits per heavy atom. The van der Waals surface area contributed by atoms with E-state index in [2.05, 4.69) is 0 Å². The van der Waals surface area contributed by atoms with Crippen molar-refractivity contribution in [2.75, 3.05) is 0 Å². The molecule has 0 aromatic rings. The van der Waals surface area contributed by atoms with Crippen LogP contribution < -0.4 is 0 Å². The topological polar surface area (TPSA) is 0 Å². The Labute approximate surface area is 96.1 Å². The van der Waals surface area contributed by atoms with Gasteiger partial charge in [-0.15, -0.1) is 11.6 Å². The Morgan fingerprint density at radius 3 is 2.25 bits per heavy atom. The van der Waals surface area contributed by atoms with Crippen LogP contribution in [0.4, 0.5) is 0 Å². The van der Waals surface area contributed by atoms with Gasteiger partial charge in [-0.2, -0.15) is 0 Å². The van der Waals surface area contributed by atoms with Gasteiger partial charge in [-0.05, 0) is 12.5 Å². The third-order valence-electron chi connectivity index (χ3n) is 1.57. The van der Waals surface area contributed by atoms with Gasteiger partial charge in [-0.25, -0.2) is 0 Å². The first kappa shape index (κ1) is 11.0. The predicted octanol–water partition coefficient (Wildman–Crippen LogP) is 4.42. The van der Waals surface area contributed by atoms with Crippen molar-refractivity contribution in [3.05, 3.63) is 23.3 Å². The molecule has 0 aromatic heterocycles. The molecular weight excluding hydrogens is 261 g/mol. The summed E-state index contributed by atoms with van der Waals surface area (Å²) in [6.45, 7) is 0. The molecule has 0 bridgehead atoms. The van der Waals surface area contributed by atoms with Crippen molar-refractivity contribution in [3.63, 3.8) is 0 Å². The van der Waals surface area contributed by atoms with Crippen molar-refractivity contribution in [2.45, 2.75) is 15.1 Å². The van der Waals surface area contributed by atoms with Crippen LogP contribution in [0.25, 0.3) is 0 Å². The van der Waals surface area contributed by atoms with Gasteiger partial charge in [-0.1, -0.05) is 58.6 Å². The Kier molecular flexibility index (Phi) is 3.29. The molecule has 0 aliphatic heterocycles. The van der Waals surface area contributed by atoms with Crippen molar-refractivity contribution >= 4 is 58.0 Å². The van der Waals surface area contributed by atoms with Crippen LogP contribution in [0.15, 0.2) is 23.3 Å². The third kappa shape index (κ3) is 2.24. The molecular formula is C7H5Cl5. The van der Waals surface area contributed by atoms with E-state index in [9.17, 15) is 0 Å². The summed E-state index contributed by atoms with van der Waals surface area (Å²) in [4.78, 5) is -0.976. The summed E-state index contributed by atoms with van der Waals surface area (Å²) >= 11 is 28.7. The van der Waals surface area contributed by atoms with Crippen LogP contribution in [0.2, 0.25) is 0 Å². The second-order valence-electron chi connectivity index (χ2n) is 2.49. The van der Waals surface area contributed by atoms with E-state index in [-0.39, 0.29) is 0 Å². The minimum atomic E-state index is -1.51. The lowest BCUT2D eigenvalue weighted by Gasteiger charge is -2.31. The monoisotopic (exact) mass is 264 g/mol. The molecule has 12 heavy (non-hydrogen) atoms. The van der Waals surface area contributed by atoms with E-state index < -0.39 is 8.67 Å². The zero-order chi connectivity index (χ0) is 9.41. The molecule has 1 rings (SSSR count). The van der Waals surface area contributed by atoms with Crippen molar-refractivity contribution in [3.8, 4) is 0 Å². The Hall–Kier alpha value is 0.930. The van der Waals surface area contributed by atoms with Gasteiger partial charge < -0.3 is 0 Å². The standard InChI is InChI=1S/C7H5Cl5/c8-5-1-3-6(9,4-2-5)7(10,11)12/h1-3H,4H2. The molecule has 0 spiro atoms. The normalized spacial score (nSPS) is 30.2. The SMILES string of the molecule is ClC1=CCC(Cl)(C(Cl)(Cl)Cl)C=C1. The van der Waals surface area contributed by atoms with E-state index in [1.165, 1.54) is 0 Å². The Morgan fingerprint density at radius 2 is 1.92 bits per heavy atom. The van der Waals surface area contributed by atoms with Crippen LogP contribution in [-0.2, 0) is 0 Å². The number of hydrogen-bond acceptors (Lipinski definition) is 0. The first-order valence-electron chi connectivity index (χ1n) is 3.16. The van der Waals surface area contributed by atoms with Gasteiger partial charge in [0.05, 0.1) is 0 Å². The highest BCUT2D eigenvalue weighted by Crippen LogP contribution is 2.48. The lowest BCUT2D eigenvalue weighted by atomic mass is 10.0. The molecule has 0 nitrogen and oxygen atoms in total. The fraction of sp³-hybridized carbons (Fsp3) is 0.429. The molecule has 0 N–H and O–H groups in total. The smallest absolute Gasteiger partial charge is 0.110 e. The first-order valence-corrected chi connectivity index (χ1v) is 5.05. The van der Waals surface area contributed by atoms with Gasteiger partial charge in [0, 0.05) is 5.03 Å². The summed E-state index contributed by atoms with van der Waals surface area (Å²) in [5.41, 5.74) is 0. The predicted molar refractivity (Wildman–Crippen MR) is 56.6 cm³/mol. The maximum absolute atomic E-state index is 6.03. The molecule has 1 atom stereocenters. The van der Waals surface area contributed by atoms with Crippen molar-refractivity contribution < 1.29 is 0 Å². The third-order valence-corrected chi connectivity index (χ3v) is 3.72. The molecule has 0 amide bonds. The Bertz CT molecular complexity index is 237. The molecule has 0 fully saturated rings. The molecule has 1 unspecified atom stereocenters. The number of hydrogen-bond donors (Lipinski definition) is 0. The highest BCUT2D eigenvalue weighted by molar-refractivity contribution is 6.71. The summed E-state index contributed by atoms with van der Waals surface area (Å²) in [6, 6.07) is 0. The Balaban J connectivity index is 2.86. The van der Waals surface area contributed by atoms with Gasteiger partial charge in [-0.3, -0.25) is 0 Å². The summed E-state index contributed by atoms with van der Waals surface area (Å²) in [5, 5.41) is 0.612. The first-order chi connectivity index (χ1) is 5.35. The number of halogens is 5. The zero-order valence-corrected chi connectivity index (χ0v) is 9.61. The van der Waals surface area contributed by atoms with Gasteiger partial charge in [0.1, 0.15) is 4.87 Å². The van der Waals surface area contributed by atoms with E-state index in [0.717, 1.165) is 0 Å². The van der Waals surface area contributed by atoms with Gasteiger partial charge in [0.25, 0.3) is 0 Å². The van der Waals surface area contributed by atoms with E-state index in [1.807, 2.05) is 0 Å². The number of rotatable bonds is 0. The molecule has 1 aliphatic rings. The minimum absolute atomic E-state index is 0.417. The highest BCUT2D eigenvalue weighted by atomic mass is 35.6. The molecule has 0 aromatic carbocycles. The van der Waals surface area contributed by atoms with Crippen molar-refractivity contribution in [2.24, 2.45) is 0 Å². The van der Waals surface area contributed by atoms with Crippen LogP contribution in [0.3, 0.4) is 0 Å². The second kappa shape index (κ2) is 3.59. The summed E-state index contributed by atoms with van der Waals surface area (Å²) in [5.74, 6) is 0. The van der Waals surface area contributed by atoms with Crippen LogP contribution in [0.1, 0.15) is 6.42 Å². The lowest BCUT2D eigenvalue weighted by Crippen LogP contribution is -2.35. The van der Waals surface area contributed by atoms with E-state index in [1.54, 1.807) is 18.2 Å². The molecule has 0 saturated carbocycles. The fourth-order valence-corrected chi connectivity index (χ4v) is 1.50. The van der Waals surface area contributed by atoms with Gasteiger partial charge in [0.2, 0.25) is 3.79 Å². The van der Waals surface area contributed by atoms with Crippen molar-refractivity contribution in [1.82, 2.24) is 0 Å².